The van der Waals surface area contributed by atoms with E-state index in [-0.39, 0.29) is 31.0 Å². The standard InChI is InChI=1S/C16H26N2O4.ClH/c1-5-21-14-8-7-12(9-15(14)22-6-2)11(3)18-16(19)13(17)10-20-4;/h7-9,11,13H,5-6,10,17H2,1-4H3,(H,18,19);1H. The Morgan fingerprint density at radius 2 is 1.83 bits per heavy atom. The molecule has 132 valence electrons. The van der Waals surface area contributed by atoms with E-state index in [9.17, 15) is 4.79 Å². The van der Waals surface area contributed by atoms with Gasteiger partial charge in [-0.2, -0.15) is 0 Å². The van der Waals surface area contributed by atoms with Gasteiger partial charge in [-0.1, -0.05) is 6.07 Å². The van der Waals surface area contributed by atoms with Crippen molar-refractivity contribution in [1.82, 2.24) is 5.32 Å². The van der Waals surface area contributed by atoms with E-state index in [1.807, 2.05) is 39.0 Å². The molecule has 0 bridgehead atoms. The van der Waals surface area contributed by atoms with Gasteiger partial charge in [-0.15, -0.1) is 12.4 Å². The molecule has 1 aromatic carbocycles. The number of methoxy groups -OCH3 is 1. The summed E-state index contributed by atoms with van der Waals surface area (Å²) in [4.78, 5) is 11.9. The first-order chi connectivity index (χ1) is 10.5. The summed E-state index contributed by atoms with van der Waals surface area (Å²) in [5.74, 6) is 1.12. The van der Waals surface area contributed by atoms with Crippen LogP contribution in [0.4, 0.5) is 0 Å². The zero-order valence-electron chi connectivity index (χ0n) is 14.1. The van der Waals surface area contributed by atoms with Crippen molar-refractivity contribution in [2.45, 2.75) is 32.9 Å². The molecule has 0 spiro atoms. The lowest BCUT2D eigenvalue weighted by molar-refractivity contribution is -0.124. The molecular formula is C16H27ClN2O4. The van der Waals surface area contributed by atoms with E-state index >= 15 is 0 Å². The smallest absolute Gasteiger partial charge is 0.239 e. The van der Waals surface area contributed by atoms with Crippen molar-refractivity contribution in [3.05, 3.63) is 23.8 Å². The van der Waals surface area contributed by atoms with Gasteiger partial charge in [0.05, 0.1) is 25.9 Å². The Kier molecular flexibility index (Phi) is 10.4. The lowest BCUT2D eigenvalue weighted by Crippen LogP contribution is -2.44. The van der Waals surface area contributed by atoms with Crippen LogP contribution in [0.3, 0.4) is 0 Å². The maximum Gasteiger partial charge on any atom is 0.239 e. The Hall–Kier alpha value is -1.50. The van der Waals surface area contributed by atoms with Crippen molar-refractivity contribution in [3.63, 3.8) is 0 Å². The zero-order valence-corrected chi connectivity index (χ0v) is 14.9. The highest BCUT2D eigenvalue weighted by Crippen LogP contribution is 2.30. The fraction of sp³-hybridized carbons (Fsp3) is 0.562. The second-order valence-corrected chi connectivity index (χ2v) is 4.86. The van der Waals surface area contributed by atoms with Crippen LogP contribution in [0.2, 0.25) is 0 Å². The van der Waals surface area contributed by atoms with Crippen LogP contribution < -0.4 is 20.5 Å². The first-order valence-corrected chi connectivity index (χ1v) is 7.47. The number of ether oxygens (including phenoxy) is 3. The SMILES string of the molecule is CCOc1ccc(C(C)NC(=O)C(N)COC)cc1OCC.Cl. The zero-order chi connectivity index (χ0) is 16.5. The predicted molar refractivity (Wildman–Crippen MR) is 92.4 cm³/mol. The normalized spacial score (nSPS) is 12.7. The summed E-state index contributed by atoms with van der Waals surface area (Å²) in [7, 11) is 1.51. The third-order valence-corrected chi connectivity index (χ3v) is 3.11. The molecule has 7 heteroatoms. The Morgan fingerprint density at radius 1 is 1.22 bits per heavy atom. The van der Waals surface area contributed by atoms with Crippen LogP contribution in [0.1, 0.15) is 32.4 Å². The molecule has 0 saturated heterocycles. The van der Waals surface area contributed by atoms with Crippen molar-refractivity contribution in [2.24, 2.45) is 5.73 Å². The number of carbonyl (C=O) groups excluding carboxylic acids is 1. The highest BCUT2D eigenvalue weighted by atomic mass is 35.5. The summed E-state index contributed by atoms with van der Waals surface area (Å²) in [6.45, 7) is 7.02. The number of carbonyl (C=O) groups is 1. The second kappa shape index (κ2) is 11.1. The van der Waals surface area contributed by atoms with E-state index < -0.39 is 6.04 Å². The molecule has 1 amide bonds. The van der Waals surface area contributed by atoms with Gasteiger partial charge in [-0.05, 0) is 38.5 Å². The summed E-state index contributed by atoms with van der Waals surface area (Å²) in [5.41, 5.74) is 6.63. The fourth-order valence-electron chi connectivity index (χ4n) is 2.00. The maximum absolute atomic E-state index is 11.9. The first-order valence-electron chi connectivity index (χ1n) is 7.47. The van der Waals surface area contributed by atoms with E-state index in [2.05, 4.69) is 5.32 Å². The molecule has 0 heterocycles. The molecule has 0 saturated carbocycles. The summed E-state index contributed by atoms with van der Waals surface area (Å²) >= 11 is 0. The first kappa shape index (κ1) is 21.5. The van der Waals surface area contributed by atoms with E-state index in [4.69, 9.17) is 19.9 Å². The van der Waals surface area contributed by atoms with Crippen LogP contribution in [-0.2, 0) is 9.53 Å². The largest absolute Gasteiger partial charge is 0.490 e. The molecule has 2 atom stereocenters. The number of nitrogens with one attached hydrogen (secondary N) is 1. The monoisotopic (exact) mass is 346 g/mol. The van der Waals surface area contributed by atoms with Gasteiger partial charge < -0.3 is 25.3 Å². The average Bonchev–Trinajstić information content (AvgIpc) is 2.49. The molecule has 2 unspecified atom stereocenters. The van der Waals surface area contributed by atoms with Crippen LogP contribution in [-0.4, -0.2) is 38.9 Å². The van der Waals surface area contributed by atoms with E-state index in [0.717, 1.165) is 5.56 Å². The van der Waals surface area contributed by atoms with Crippen LogP contribution in [0.15, 0.2) is 18.2 Å². The molecule has 0 aliphatic heterocycles. The predicted octanol–water partition coefficient (Wildman–Crippen LogP) is 2.06. The maximum atomic E-state index is 11.9. The number of halogens is 1. The molecule has 0 aliphatic carbocycles. The van der Waals surface area contributed by atoms with Gasteiger partial charge in [0.25, 0.3) is 0 Å². The number of nitrogens with two attached hydrogens (primary N) is 1. The van der Waals surface area contributed by atoms with E-state index in [0.29, 0.717) is 24.7 Å². The van der Waals surface area contributed by atoms with E-state index in [1.165, 1.54) is 7.11 Å². The van der Waals surface area contributed by atoms with Crippen molar-refractivity contribution < 1.29 is 19.0 Å². The number of amides is 1. The molecule has 0 aliphatic rings. The minimum absolute atomic E-state index is 0. The van der Waals surface area contributed by atoms with Gasteiger partial charge in [-0.3, -0.25) is 4.79 Å². The van der Waals surface area contributed by atoms with Gasteiger partial charge in [-0.25, -0.2) is 0 Å². The number of rotatable bonds is 9. The lowest BCUT2D eigenvalue weighted by Gasteiger charge is -2.19. The topological polar surface area (TPSA) is 82.8 Å². The van der Waals surface area contributed by atoms with E-state index in [1.54, 1.807) is 0 Å². The second-order valence-electron chi connectivity index (χ2n) is 4.86. The molecule has 0 aromatic heterocycles. The fourth-order valence-corrected chi connectivity index (χ4v) is 2.00. The molecular weight excluding hydrogens is 320 g/mol. The Morgan fingerprint density at radius 3 is 2.39 bits per heavy atom. The average molecular weight is 347 g/mol. The van der Waals surface area contributed by atoms with Crippen molar-refractivity contribution >= 4 is 18.3 Å². The Balaban J connectivity index is 0.00000484. The van der Waals surface area contributed by atoms with Crippen LogP contribution in [0.5, 0.6) is 11.5 Å². The summed E-state index contributed by atoms with van der Waals surface area (Å²) in [6.07, 6.45) is 0. The Labute approximate surface area is 144 Å². The lowest BCUT2D eigenvalue weighted by atomic mass is 10.1. The van der Waals surface area contributed by atoms with Crippen molar-refractivity contribution in [3.8, 4) is 11.5 Å². The minimum Gasteiger partial charge on any atom is -0.490 e. The molecule has 0 fully saturated rings. The molecule has 1 aromatic rings. The molecule has 23 heavy (non-hydrogen) atoms. The van der Waals surface area contributed by atoms with Gasteiger partial charge in [0, 0.05) is 7.11 Å². The van der Waals surface area contributed by atoms with Gasteiger partial charge in [0.2, 0.25) is 5.91 Å². The third kappa shape index (κ3) is 6.64. The quantitative estimate of drug-likeness (QED) is 0.715. The van der Waals surface area contributed by atoms with Crippen molar-refractivity contribution in [2.75, 3.05) is 26.9 Å². The summed E-state index contributed by atoms with van der Waals surface area (Å²) in [6, 6.07) is 4.76. The summed E-state index contributed by atoms with van der Waals surface area (Å²) < 4.78 is 16.0. The minimum atomic E-state index is -0.679. The third-order valence-electron chi connectivity index (χ3n) is 3.11. The van der Waals surface area contributed by atoms with Crippen LogP contribution >= 0.6 is 12.4 Å². The summed E-state index contributed by atoms with van der Waals surface area (Å²) in [5, 5.41) is 2.86. The molecule has 0 radical (unpaired) electrons. The highest BCUT2D eigenvalue weighted by molar-refractivity contribution is 5.85. The van der Waals surface area contributed by atoms with Gasteiger partial charge >= 0.3 is 0 Å². The van der Waals surface area contributed by atoms with Crippen LogP contribution in [0.25, 0.3) is 0 Å². The van der Waals surface area contributed by atoms with Crippen LogP contribution in [0, 0.1) is 0 Å². The molecule has 1 rings (SSSR count). The molecule has 6 nitrogen and oxygen atoms in total. The number of hydrogen-bond donors (Lipinski definition) is 2. The highest BCUT2D eigenvalue weighted by Gasteiger charge is 2.17. The van der Waals surface area contributed by atoms with Gasteiger partial charge in [0.15, 0.2) is 11.5 Å². The van der Waals surface area contributed by atoms with Gasteiger partial charge in [0.1, 0.15) is 6.04 Å². The number of benzene rings is 1. The Bertz CT molecular complexity index is 485. The number of hydrogen-bond acceptors (Lipinski definition) is 5. The molecule has 3 N–H and O–H groups in total. The van der Waals surface area contributed by atoms with Crippen molar-refractivity contribution in [1.29, 1.82) is 0 Å².